The SMILES string of the molecule is NCCCc1nnc(C2CCC2)o1. The molecule has 4 nitrogen and oxygen atoms in total. The van der Waals surface area contributed by atoms with E-state index >= 15 is 0 Å². The summed E-state index contributed by atoms with van der Waals surface area (Å²) in [6.07, 6.45) is 5.45. The quantitative estimate of drug-likeness (QED) is 0.758. The molecule has 0 saturated heterocycles. The van der Waals surface area contributed by atoms with Crippen molar-refractivity contribution in [3.8, 4) is 0 Å². The van der Waals surface area contributed by atoms with E-state index in [1.165, 1.54) is 19.3 Å². The molecule has 72 valence electrons. The third kappa shape index (κ3) is 1.88. The molecule has 0 amide bonds. The van der Waals surface area contributed by atoms with Crippen molar-refractivity contribution >= 4 is 0 Å². The summed E-state index contributed by atoms with van der Waals surface area (Å²) in [4.78, 5) is 0. The van der Waals surface area contributed by atoms with Crippen LogP contribution in [0.2, 0.25) is 0 Å². The van der Waals surface area contributed by atoms with E-state index < -0.39 is 0 Å². The van der Waals surface area contributed by atoms with Crippen molar-refractivity contribution in [3.63, 3.8) is 0 Å². The number of aryl methyl sites for hydroxylation is 1. The van der Waals surface area contributed by atoms with Gasteiger partial charge >= 0.3 is 0 Å². The van der Waals surface area contributed by atoms with Crippen LogP contribution in [-0.4, -0.2) is 16.7 Å². The Hall–Kier alpha value is -0.900. The molecule has 1 aromatic rings. The van der Waals surface area contributed by atoms with Crippen molar-refractivity contribution in [2.24, 2.45) is 5.73 Å². The Kier molecular flexibility index (Phi) is 2.59. The maximum absolute atomic E-state index is 5.51. The molecule has 1 fully saturated rings. The van der Waals surface area contributed by atoms with E-state index in [0.29, 0.717) is 12.5 Å². The molecule has 0 unspecified atom stereocenters. The Bertz CT molecular complexity index is 268. The third-order valence-electron chi connectivity index (χ3n) is 2.53. The van der Waals surface area contributed by atoms with Gasteiger partial charge in [-0.05, 0) is 25.8 Å². The molecular weight excluding hydrogens is 166 g/mol. The monoisotopic (exact) mass is 181 g/mol. The van der Waals surface area contributed by atoms with Gasteiger partial charge in [0.05, 0.1) is 0 Å². The zero-order valence-corrected chi connectivity index (χ0v) is 7.70. The molecule has 0 aliphatic heterocycles. The molecule has 2 rings (SSSR count). The first-order valence-electron chi connectivity index (χ1n) is 4.92. The number of aromatic nitrogens is 2. The Morgan fingerprint density at radius 3 is 2.85 bits per heavy atom. The van der Waals surface area contributed by atoms with E-state index in [4.69, 9.17) is 10.2 Å². The van der Waals surface area contributed by atoms with E-state index in [1.54, 1.807) is 0 Å². The second-order valence-electron chi connectivity index (χ2n) is 3.55. The largest absolute Gasteiger partial charge is 0.425 e. The Labute approximate surface area is 77.5 Å². The van der Waals surface area contributed by atoms with E-state index in [9.17, 15) is 0 Å². The van der Waals surface area contributed by atoms with Gasteiger partial charge in [0.15, 0.2) is 0 Å². The van der Waals surface area contributed by atoms with Crippen LogP contribution in [0.5, 0.6) is 0 Å². The van der Waals surface area contributed by atoms with E-state index in [1.807, 2.05) is 0 Å². The molecule has 1 aliphatic carbocycles. The van der Waals surface area contributed by atoms with Crippen LogP contribution in [0.3, 0.4) is 0 Å². The lowest BCUT2D eigenvalue weighted by Crippen LogP contribution is -2.08. The molecule has 1 aromatic heterocycles. The number of nitrogens with two attached hydrogens (primary N) is 1. The summed E-state index contributed by atoms with van der Waals surface area (Å²) in [5, 5.41) is 8.02. The molecule has 1 saturated carbocycles. The minimum Gasteiger partial charge on any atom is -0.425 e. The van der Waals surface area contributed by atoms with Gasteiger partial charge in [-0.2, -0.15) is 0 Å². The van der Waals surface area contributed by atoms with Crippen molar-refractivity contribution in [1.29, 1.82) is 0 Å². The average Bonchev–Trinajstić information content (AvgIpc) is 2.46. The first-order chi connectivity index (χ1) is 6.40. The summed E-state index contributed by atoms with van der Waals surface area (Å²) in [5.74, 6) is 2.12. The van der Waals surface area contributed by atoms with Crippen LogP contribution >= 0.6 is 0 Å². The van der Waals surface area contributed by atoms with Crippen LogP contribution in [0.1, 0.15) is 43.4 Å². The molecule has 1 heterocycles. The topological polar surface area (TPSA) is 64.9 Å². The molecule has 2 N–H and O–H groups in total. The lowest BCUT2D eigenvalue weighted by Gasteiger charge is -2.20. The highest BCUT2D eigenvalue weighted by Gasteiger charge is 2.24. The second kappa shape index (κ2) is 3.87. The molecule has 0 bridgehead atoms. The van der Waals surface area contributed by atoms with E-state index in [2.05, 4.69) is 10.2 Å². The average molecular weight is 181 g/mol. The molecule has 13 heavy (non-hydrogen) atoms. The van der Waals surface area contributed by atoms with Gasteiger partial charge in [-0.1, -0.05) is 6.42 Å². The maximum atomic E-state index is 5.51. The Balaban J connectivity index is 1.92. The summed E-state index contributed by atoms with van der Waals surface area (Å²) in [7, 11) is 0. The van der Waals surface area contributed by atoms with Crippen molar-refractivity contribution in [2.45, 2.75) is 38.0 Å². The van der Waals surface area contributed by atoms with Crippen molar-refractivity contribution in [1.82, 2.24) is 10.2 Å². The summed E-state index contributed by atoms with van der Waals surface area (Å²) in [5.41, 5.74) is 5.39. The Morgan fingerprint density at radius 1 is 1.38 bits per heavy atom. The van der Waals surface area contributed by atoms with Gasteiger partial charge in [0, 0.05) is 12.3 Å². The fourth-order valence-electron chi connectivity index (χ4n) is 1.44. The fraction of sp³-hybridized carbons (Fsp3) is 0.778. The van der Waals surface area contributed by atoms with Gasteiger partial charge < -0.3 is 10.2 Å². The summed E-state index contributed by atoms with van der Waals surface area (Å²) < 4.78 is 5.51. The van der Waals surface area contributed by atoms with Crippen molar-refractivity contribution in [3.05, 3.63) is 11.8 Å². The highest BCUT2D eigenvalue weighted by atomic mass is 16.4. The van der Waals surface area contributed by atoms with Gasteiger partial charge in [-0.3, -0.25) is 0 Å². The fourth-order valence-corrected chi connectivity index (χ4v) is 1.44. The highest BCUT2D eigenvalue weighted by molar-refractivity contribution is 4.96. The van der Waals surface area contributed by atoms with Crippen LogP contribution in [0.4, 0.5) is 0 Å². The minimum absolute atomic E-state index is 0.541. The summed E-state index contributed by atoms with van der Waals surface area (Å²) in [6.45, 7) is 0.682. The Morgan fingerprint density at radius 2 is 2.23 bits per heavy atom. The predicted molar refractivity (Wildman–Crippen MR) is 48.3 cm³/mol. The normalized spacial score (nSPS) is 17.3. The number of nitrogens with zero attached hydrogens (tertiary/aromatic N) is 2. The van der Waals surface area contributed by atoms with Crippen molar-refractivity contribution in [2.75, 3.05) is 6.54 Å². The van der Waals surface area contributed by atoms with Gasteiger partial charge in [-0.25, -0.2) is 0 Å². The molecule has 4 heteroatoms. The molecule has 0 atom stereocenters. The second-order valence-corrected chi connectivity index (χ2v) is 3.55. The van der Waals surface area contributed by atoms with Crippen LogP contribution in [0.25, 0.3) is 0 Å². The first kappa shape index (κ1) is 8.69. The van der Waals surface area contributed by atoms with E-state index in [0.717, 1.165) is 24.6 Å². The highest BCUT2D eigenvalue weighted by Crippen LogP contribution is 2.35. The van der Waals surface area contributed by atoms with Crippen molar-refractivity contribution < 1.29 is 4.42 Å². The van der Waals surface area contributed by atoms with Gasteiger partial charge in [0.2, 0.25) is 11.8 Å². The number of hydrogen-bond acceptors (Lipinski definition) is 4. The molecule has 0 aromatic carbocycles. The zero-order valence-electron chi connectivity index (χ0n) is 7.70. The van der Waals surface area contributed by atoms with E-state index in [-0.39, 0.29) is 0 Å². The molecule has 0 spiro atoms. The molecular formula is C9H15N3O. The van der Waals surface area contributed by atoms with Crippen LogP contribution in [-0.2, 0) is 6.42 Å². The predicted octanol–water partition coefficient (Wildman–Crippen LogP) is 1.23. The lowest BCUT2D eigenvalue weighted by molar-refractivity contribution is 0.324. The number of rotatable bonds is 4. The van der Waals surface area contributed by atoms with Crippen LogP contribution in [0.15, 0.2) is 4.42 Å². The molecule has 1 aliphatic rings. The van der Waals surface area contributed by atoms with Gasteiger partial charge in [0.25, 0.3) is 0 Å². The smallest absolute Gasteiger partial charge is 0.219 e. The molecule has 0 radical (unpaired) electrons. The maximum Gasteiger partial charge on any atom is 0.219 e. The van der Waals surface area contributed by atoms with Crippen LogP contribution in [0, 0.1) is 0 Å². The van der Waals surface area contributed by atoms with Crippen LogP contribution < -0.4 is 5.73 Å². The summed E-state index contributed by atoms with van der Waals surface area (Å²) in [6, 6.07) is 0. The zero-order chi connectivity index (χ0) is 9.10. The standard InChI is InChI=1S/C9H15N3O/c10-6-2-5-8-11-12-9(13-8)7-3-1-4-7/h7H,1-6,10H2. The summed E-state index contributed by atoms with van der Waals surface area (Å²) >= 11 is 0. The number of hydrogen-bond donors (Lipinski definition) is 1. The lowest BCUT2D eigenvalue weighted by atomic mass is 9.85. The third-order valence-corrected chi connectivity index (χ3v) is 2.53. The first-order valence-corrected chi connectivity index (χ1v) is 4.92. The van der Waals surface area contributed by atoms with Gasteiger partial charge in [0.1, 0.15) is 0 Å². The minimum atomic E-state index is 0.541. The van der Waals surface area contributed by atoms with Gasteiger partial charge in [-0.15, -0.1) is 10.2 Å².